The molecule has 19 heavy (non-hydrogen) atoms. The van der Waals surface area contributed by atoms with Crippen molar-refractivity contribution in [3.63, 3.8) is 0 Å². The number of fused-ring (bicyclic) bond motifs is 1. The van der Waals surface area contributed by atoms with Crippen molar-refractivity contribution >= 4 is 11.6 Å². The van der Waals surface area contributed by atoms with Crippen LogP contribution in [0, 0.1) is 6.92 Å². The van der Waals surface area contributed by atoms with Crippen molar-refractivity contribution in [1.29, 1.82) is 0 Å². The van der Waals surface area contributed by atoms with Gasteiger partial charge in [0.15, 0.2) is 0 Å². The van der Waals surface area contributed by atoms with Gasteiger partial charge in [-0.05, 0) is 35.7 Å². The molecule has 2 aromatic carbocycles. The average molecular weight is 274 g/mol. The average Bonchev–Trinajstić information content (AvgIpc) is 2.82. The minimum atomic E-state index is 0.101. The highest BCUT2D eigenvalue weighted by atomic mass is 35.5. The Morgan fingerprint density at radius 1 is 1.26 bits per heavy atom. The van der Waals surface area contributed by atoms with Crippen LogP contribution in [0.15, 0.2) is 36.4 Å². The largest absolute Gasteiger partial charge is 0.488 e. The molecule has 0 bridgehead atoms. The first-order valence-electron chi connectivity index (χ1n) is 6.44. The molecule has 3 rings (SSSR count). The summed E-state index contributed by atoms with van der Waals surface area (Å²) in [6, 6.07) is 12.2. The van der Waals surface area contributed by atoms with Crippen LogP contribution < -0.4 is 10.5 Å². The molecule has 0 amide bonds. The van der Waals surface area contributed by atoms with E-state index in [0.717, 1.165) is 28.3 Å². The Kier molecular flexibility index (Phi) is 3.21. The van der Waals surface area contributed by atoms with Crippen LogP contribution in [0.5, 0.6) is 5.75 Å². The monoisotopic (exact) mass is 273 g/mol. The zero-order valence-corrected chi connectivity index (χ0v) is 11.6. The first kappa shape index (κ1) is 12.5. The highest BCUT2D eigenvalue weighted by molar-refractivity contribution is 6.30. The van der Waals surface area contributed by atoms with E-state index in [1.54, 1.807) is 0 Å². The number of benzene rings is 2. The summed E-state index contributed by atoms with van der Waals surface area (Å²) in [5, 5.41) is 0.759. The number of hydrogen-bond acceptors (Lipinski definition) is 2. The molecule has 0 saturated heterocycles. The normalized spacial score (nSPS) is 17.1. The third-order valence-corrected chi connectivity index (χ3v) is 3.81. The second-order valence-electron chi connectivity index (χ2n) is 4.93. The van der Waals surface area contributed by atoms with E-state index in [1.807, 2.05) is 18.2 Å². The quantitative estimate of drug-likeness (QED) is 0.908. The molecule has 0 saturated carbocycles. The van der Waals surface area contributed by atoms with E-state index in [-0.39, 0.29) is 6.10 Å². The summed E-state index contributed by atoms with van der Waals surface area (Å²) in [7, 11) is 0. The number of aryl methyl sites for hydroxylation is 1. The number of nitrogens with two attached hydrogens (primary N) is 1. The number of halogens is 1. The van der Waals surface area contributed by atoms with Gasteiger partial charge in [-0.3, -0.25) is 0 Å². The molecule has 1 aliphatic rings. The minimum absolute atomic E-state index is 0.101. The van der Waals surface area contributed by atoms with Crippen molar-refractivity contribution in [3.05, 3.63) is 52.5 Å². The second kappa shape index (κ2) is 4.87. The summed E-state index contributed by atoms with van der Waals surface area (Å²) in [5.41, 5.74) is 10.4. The Morgan fingerprint density at radius 2 is 2.11 bits per heavy atom. The van der Waals surface area contributed by atoms with Crippen molar-refractivity contribution in [3.8, 4) is 16.9 Å². The summed E-state index contributed by atoms with van der Waals surface area (Å²) >= 11 is 6.02. The number of rotatable bonds is 2. The lowest BCUT2D eigenvalue weighted by molar-refractivity contribution is 0.242. The molecule has 0 fully saturated rings. The predicted octanol–water partition coefficient (Wildman–Crippen LogP) is 3.58. The van der Waals surface area contributed by atoms with Gasteiger partial charge in [0, 0.05) is 23.6 Å². The first-order valence-corrected chi connectivity index (χ1v) is 6.82. The SMILES string of the molecule is Cc1cc(Cl)ccc1-c1cccc2c1O[C@@H](CN)C2. The molecular formula is C16H16ClNO. The molecule has 1 heterocycles. The number of ether oxygens (including phenoxy) is 1. The molecule has 3 heteroatoms. The smallest absolute Gasteiger partial charge is 0.130 e. The molecule has 2 nitrogen and oxygen atoms in total. The van der Waals surface area contributed by atoms with Crippen molar-refractivity contribution < 1.29 is 4.74 Å². The molecule has 0 aliphatic carbocycles. The summed E-state index contributed by atoms with van der Waals surface area (Å²) in [6.45, 7) is 2.61. The molecule has 0 unspecified atom stereocenters. The first-order chi connectivity index (χ1) is 9.19. The lowest BCUT2D eigenvalue weighted by atomic mass is 9.97. The summed E-state index contributed by atoms with van der Waals surface area (Å²) < 4.78 is 5.97. The third-order valence-electron chi connectivity index (χ3n) is 3.57. The van der Waals surface area contributed by atoms with Gasteiger partial charge in [0.05, 0.1) is 0 Å². The van der Waals surface area contributed by atoms with Crippen molar-refractivity contribution in [2.45, 2.75) is 19.4 Å². The Labute approximate surface area is 118 Å². The Bertz CT molecular complexity index is 624. The van der Waals surface area contributed by atoms with E-state index in [9.17, 15) is 0 Å². The Balaban J connectivity index is 2.10. The van der Waals surface area contributed by atoms with Crippen molar-refractivity contribution in [2.75, 3.05) is 6.54 Å². The van der Waals surface area contributed by atoms with Gasteiger partial charge in [-0.1, -0.05) is 35.9 Å². The van der Waals surface area contributed by atoms with Crippen LogP contribution >= 0.6 is 11.6 Å². The van der Waals surface area contributed by atoms with Gasteiger partial charge < -0.3 is 10.5 Å². The molecular weight excluding hydrogens is 258 g/mol. The standard InChI is InChI=1S/C16H16ClNO/c1-10-7-12(17)5-6-14(10)15-4-2-3-11-8-13(9-18)19-16(11)15/h2-7,13H,8-9,18H2,1H3/t13-/m1/s1. The zero-order valence-electron chi connectivity index (χ0n) is 10.8. The van der Waals surface area contributed by atoms with Crippen LogP contribution in [-0.2, 0) is 6.42 Å². The van der Waals surface area contributed by atoms with Gasteiger partial charge in [-0.25, -0.2) is 0 Å². The van der Waals surface area contributed by atoms with Gasteiger partial charge >= 0.3 is 0 Å². The molecule has 0 radical (unpaired) electrons. The van der Waals surface area contributed by atoms with Gasteiger partial charge in [0.2, 0.25) is 0 Å². The molecule has 2 aromatic rings. The van der Waals surface area contributed by atoms with Gasteiger partial charge in [0.1, 0.15) is 11.9 Å². The zero-order chi connectivity index (χ0) is 13.4. The van der Waals surface area contributed by atoms with Gasteiger partial charge in [0.25, 0.3) is 0 Å². The summed E-state index contributed by atoms with van der Waals surface area (Å²) in [6.07, 6.45) is 0.996. The maximum atomic E-state index is 6.02. The number of para-hydroxylation sites is 1. The van der Waals surface area contributed by atoms with E-state index in [0.29, 0.717) is 6.54 Å². The maximum Gasteiger partial charge on any atom is 0.130 e. The molecule has 98 valence electrons. The topological polar surface area (TPSA) is 35.2 Å². The van der Waals surface area contributed by atoms with Crippen LogP contribution in [0.4, 0.5) is 0 Å². The fourth-order valence-electron chi connectivity index (χ4n) is 2.61. The minimum Gasteiger partial charge on any atom is -0.488 e. The van der Waals surface area contributed by atoms with Gasteiger partial charge in [-0.2, -0.15) is 0 Å². The fraction of sp³-hybridized carbons (Fsp3) is 0.250. The summed E-state index contributed by atoms with van der Waals surface area (Å²) in [4.78, 5) is 0. The van der Waals surface area contributed by atoms with Crippen molar-refractivity contribution in [1.82, 2.24) is 0 Å². The molecule has 0 spiro atoms. The highest BCUT2D eigenvalue weighted by Gasteiger charge is 2.24. The van der Waals surface area contributed by atoms with Crippen LogP contribution in [0.25, 0.3) is 11.1 Å². The lowest BCUT2D eigenvalue weighted by Crippen LogP contribution is -2.24. The second-order valence-corrected chi connectivity index (χ2v) is 5.37. The van der Waals surface area contributed by atoms with Crippen LogP contribution in [0.1, 0.15) is 11.1 Å². The Morgan fingerprint density at radius 3 is 2.84 bits per heavy atom. The van der Waals surface area contributed by atoms with E-state index < -0.39 is 0 Å². The van der Waals surface area contributed by atoms with Gasteiger partial charge in [-0.15, -0.1) is 0 Å². The van der Waals surface area contributed by atoms with Crippen molar-refractivity contribution in [2.24, 2.45) is 5.73 Å². The molecule has 1 aliphatic heterocycles. The van der Waals surface area contributed by atoms with Crippen LogP contribution in [-0.4, -0.2) is 12.6 Å². The molecule has 1 atom stereocenters. The van der Waals surface area contributed by atoms with E-state index in [1.165, 1.54) is 11.1 Å². The highest BCUT2D eigenvalue weighted by Crippen LogP contribution is 2.40. The molecule has 0 aromatic heterocycles. The van der Waals surface area contributed by atoms with E-state index in [4.69, 9.17) is 22.1 Å². The third kappa shape index (κ3) is 2.22. The van der Waals surface area contributed by atoms with Crippen LogP contribution in [0.3, 0.4) is 0 Å². The van der Waals surface area contributed by atoms with E-state index in [2.05, 4.69) is 25.1 Å². The lowest BCUT2D eigenvalue weighted by Gasteiger charge is -2.12. The Hall–Kier alpha value is -1.51. The van der Waals surface area contributed by atoms with E-state index >= 15 is 0 Å². The number of hydrogen-bond donors (Lipinski definition) is 1. The summed E-state index contributed by atoms with van der Waals surface area (Å²) in [5.74, 6) is 0.975. The maximum absolute atomic E-state index is 6.02. The fourth-order valence-corrected chi connectivity index (χ4v) is 2.84. The molecule has 2 N–H and O–H groups in total. The van der Waals surface area contributed by atoms with Crippen LogP contribution in [0.2, 0.25) is 5.02 Å². The predicted molar refractivity (Wildman–Crippen MR) is 78.8 cm³/mol.